The molecule has 0 radical (unpaired) electrons. The second kappa shape index (κ2) is 6.11. The molecule has 3 aromatic rings. The number of amides is 1. The minimum absolute atomic E-state index is 0.100. The van der Waals surface area contributed by atoms with Gasteiger partial charge < -0.3 is 9.84 Å². The van der Waals surface area contributed by atoms with Crippen molar-refractivity contribution >= 4 is 5.91 Å². The topological polar surface area (TPSA) is 110 Å². The molecule has 1 amide bonds. The van der Waals surface area contributed by atoms with Gasteiger partial charge in [-0.2, -0.15) is 15.3 Å². The van der Waals surface area contributed by atoms with Crippen LogP contribution in [0.3, 0.4) is 0 Å². The van der Waals surface area contributed by atoms with Gasteiger partial charge in [0.25, 0.3) is 5.91 Å². The lowest BCUT2D eigenvalue weighted by Crippen LogP contribution is -2.23. The molecule has 2 heterocycles. The monoisotopic (exact) mass is 308 g/mol. The molecule has 0 unspecified atom stereocenters. The van der Waals surface area contributed by atoms with Crippen molar-refractivity contribution in [2.24, 2.45) is 7.05 Å². The summed E-state index contributed by atoms with van der Waals surface area (Å²) in [5, 5.41) is 19.4. The molecule has 2 aromatic heterocycles. The molecule has 1 N–H and O–H groups in total. The van der Waals surface area contributed by atoms with Crippen molar-refractivity contribution in [2.45, 2.75) is 6.54 Å². The van der Waals surface area contributed by atoms with Crippen LogP contribution < -0.4 is 5.32 Å². The zero-order valence-corrected chi connectivity index (χ0v) is 12.2. The van der Waals surface area contributed by atoms with Gasteiger partial charge in [0, 0.05) is 18.8 Å². The largest absolute Gasteiger partial charge is 0.343 e. The van der Waals surface area contributed by atoms with Crippen LogP contribution in [0.1, 0.15) is 21.8 Å². The number of carbonyl (C=O) groups excluding carboxylic acids is 1. The molecule has 0 saturated carbocycles. The van der Waals surface area contributed by atoms with Crippen molar-refractivity contribution in [3.63, 3.8) is 0 Å². The van der Waals surface area contributed by atoms with E-state index in [0.717, 1.165) is 5.56 Å². The Balaban J connectivity index is 1.65. The highest BCUT2D eigenvalue weighted by Gasteiger charge is 2.12. The number of rotatable bonds is 4. The smallest absolute Gasteiger partial charge is 0.251 e. The highest BCUT2D eigenvalue weighted by Crippen LogP contribution is 2.14. The van der Waals surface area contributed by atoms with Crippen molar-refractivity contribution in [1.82, 2.24) is 25.2 Å². The van der Waals surface area contributed by atoms with E-state index in [4.69, 9.17) is 9.78 Å². The third kappa shape index (κ3) is 3.24. The van der Waals surface area contributed by atoms with Crippen molar-refractivity contribution in [3.05, 3.63) is 53.7 Å². The summed E-state index contributed by atoms with van der Waals surface area (Å²) in [6.45, 7) is 0.100. The molecule has 1 aromatic carbocycles. The van der Waals surface area contributed by atoms with Gasteiger partial charge in [-0.25, -0.2) is 0 Å². The van der Waals surface area contributed by atoms with Crippen LogP contribution in [0.2, 0.25) is 0 Å². The summed E-state index contributed by atoms with van der Waals surface area (Å²) in [7, 11) is 1.79. The summed E-state index contributed by atoms with van der Waals surface area (Å²) in [4.78, 5) is 16.2. The molecule has 0 atom stereocenters. The number of nitrogens with zero attached hydrogens (tertiary/aromatic N) is 5. The van der Waals surface area contributed by atoms with Gasteiger partial charge in [0.05, 0.1) is 29.9 Å². The third-order valence-electron chi connectivity index (χ3n) is 3.09. The van der Waals surface area contributed by atoms with E-state index in [2.05, 4.69) is 20.6 Å². The number of aromatic nitrogens is 4. The fourth-order valence-electron chi connectivity index (χ4n) is 1.97. The highest BCUT2D eigenvalue weighted by molar-refractivity contribution is 5.94. The van der Waals surface area contributed by atoms with E-state index in [1.54, 1.807) is 42.3 Å². The summed E-state index contributed by atoms with van der Waals surface area (Å²) in [5.74, 6) is 0.380. The molecule has 114 valence electrons. The van der Waals surface area contributed by atoms with Gasteiger partial charge >= 0.3 is 0 Å². The predicted octanol–water partition coefficient (Wildman–Crippen LogP) is 1.27. The van der Waals surface area contributed by atoms with Crippen LogP contribution in [-0.4, -0.2) is 25.8 Å². The number of nitrogens with one attached hydrogen (secondary N) is 1. The third-order valence-corrected chi connectivity index (χ3v) is 3.09. The van der Waals surface area contributed by atoms with Gasteiger partial charge in [0.1, 0.15) is 0 Å². The summed E-state index contributed by atoms with van der Waals surface area (Å²) >= 11 is 0. The van der Waals surface area contributed by atoms with E-state index in [1.165, 1.54) is 6.07 Å². The van der Waals surface area contributed by atoms with E-state index in [0.29, 0.717) is 17.0 Å². The minimum Gasteiger partial charge on any atom is -0.343 e. The molecular formula is C15H12N6O2. The van der Waals surface area contributed by atoms with Crippen LogP contribution in [0.4, 0.5) is 0 Å². The lowest BCUT2D eigenvalue weighted by atomic mass is 10.1. The van der Waals surface area contributed by atoms with E-state index >= 15 is 0 Å². The zero-order valence-electron chi connectivity index (χ0n) is 12.2. The Morgan fingerprint density at radius 1 is 1.48 bits per heavy atom. The molecular weight excluding hydrogens is 296 g/mol. The predicted molar refractivity (Wildman–Crippen MR) is 78.8 cm³/mol. The van der Waals surface area contributed by atoms with Crippen LogP contribution in [0.15, 0.2) is 41.2 Å². The second-order valence-corrected chi connectivity index (χ2v) is 4.79. The molecule has 0 aliphatic heterocycles. The number of carbonyl (C=O) groups is 1. The Kier molecular flexibility index (Phi) is 3.84. The highest BCUT2D eigenvalue weighted by atomic mass is 16.5. The Hall–Kier alpha value is -3.47. The van der Waals surface area contributed by atoms with Gasteiger partial charge in [-0.15, -0.1) is 0 Å². The average molecular weight is 308 g/mol. The molecule has 0 bridgehead atoms. The summed E-state index contributed by atoms with van der Waals surface area (Å²) in [5.41, 5.74) is 1.56. The maximum absolute atomic E-state index is 12.0. The van der Waals surface area contributed by atoms with Crippen molar-refractivity contribution in [2.75, 3.05) is 0 Å². The van der Waals surface area contributed by atoms with Crippen LogP contribution in [0.25, 0.3) is 11.4 Å². The lowest BCUT2D eigenvalue weighted by molar-refractivity contribution is 0.0946. The van der Waals surface area contributed by atoms with Crippen LogP contribution >= 0.6 is 0 Å². The Morgan fingerprint density at radius 2 is 2.35 bits per heavy atom. The van der Waals surface area contributed by atoms with E-state index < -0.39 is 0 Å². The molecule has 0 aliphatic carbocycles. The van der Waals surface area contributed by atoms with Gasteiger partial charge in [0.15, 0.2) is 0 Å². The van der Waals surface area contributed by atoms with Crippen LogP contribution in [-0.2, 0) is 13.6 Å². The van der Waals surface area contributed by atoms with Crippen LogP contribution in [0.5, 0.6) is 0 Å². The molecule has 0 fully saturated rings. The number of benzene rings is 1. The van der Waals surface area contributed by atoms with Gasteiger partial charge in [-0.3, -0.25) is 9.48 Å². The maximum atomic E-state index is 12.0. The van der Waals surface area contributed by atoms with E-state index in [-0.39, 0.29) is 18.3 Å². The number of aryl methyl sites for hydroxylation is 1. The Labute approximate surface area is 131 Å². The molecule has 8 nitrogen and oxygen atoms in total. The minimum atomic E-state index is -0.316. The summed E-state index contributed by atoms with van der Waals surface area (Å²) in [6, 6.07) is 8.43. The first-order valence-corrected chi connectivity index (χ1v) is 6.75. The summed E-state index contributed by atoms with van der Waals surface area (Å²) < 4.78 is 6.73. The first kappa shape index (κ1) is 14.5. The SMILES string of the molecule is Cn1cc(-c2noc(CNC(=O)c3cccc(C#N)c3)n2)cn1. The van der Waals surface area contributed by atoms with Crippen molar-refractivity contribution in [3.8, 4) is 17.5 Å². The quantitative estimate of drug-likeness (QED) is 0.777. The average Bonchev–Trinajstić information content (AvgIpc) is 3.21. The number of hydrogen-bond acceptors (Lipinski definition) is 6. The zero-order chi connectivity index (χ0) is 16.2. The Bertz CT molecular complexity index is 889. The van der Waals surface area contributed by atoms with Gasteiger partial charge in [0.2, 0.25) is 11.7 Å². The first-order chi connectivity index (χ1) is 11.2. The molecule has 23 heavy (non-hydrogen) atoms. The van der Waals surface area contributed by atoms with Crippen LogP contribution in [0, 0.1) is 11.3 Å². The lowest BCUT2D eigenvalue weighted by Gasteiger charge is -2.02. The Morgan fingerprint density at radius 3 is 3.09 bits per heavy atom. The fourth-order valence-corrected chi connectivity index (χ4v) is 1.97. The van der Waals surface area contributed by atoms with Gasteiger partial charge in [-0.05, 0) is 18.2 Å². The molecule has 0 aliphatic rings. The molecule has 0 spiro atoms. The maximum Gasteiger partial charge on any atom is 0.251 e. The van der Waals surface area contributed by atoms with Gasteiger partial charge in [-0.1, -0.05) is 11.2 Å². The standard InChI is InChI=1S/C15H12N6O2/c1-21-9-12(7-18-21)14-19-13(23-20-14)8-17-15(22)11-4-2-3-10(5-11)6-16/h2-5,7,9H,8H2,1H3,(H,17,22). The molecule has 8 heteroatoms. The normalized spacial score (nSPS) is 10.3. The first-order valence-electron chi connectivity index (χ1n) is 6.75. The number of hydrogen-bond donors (Lipinski definition) is 1. The fraction of sp³-hybridized carbons (Fsp3) is 0.133. The summed E-state index contributed by atoms with van der Waals surface area (Å²) in [6.07, 6.45) is 3.39. The van der Waals surface area contributed by atoms with E-state index in [1.807, 2.05) is 6.07 Å². The van der Waals surface area contributed by atoms with Crippen molar-refractivity contribution < 1.29 is 9.32 Å². The second-order valence-electron chi connectivity index (χ2n) is 4.79. The molecule has 3 rings (SSSR count). The number of nitriles is 1. The van der Waals surface area contributed by atoms with E-state index in [9.17, 15) is 4.79 Å². The van der Waals surface area contributed by atoms with Crippen molar-refractivity contribution in [1.29, 1.82) is 5.26 Å². The molecule has 0 saturated heterocycles.